The summed E-state index contributed by atoms with van der Waals surface area (Å²) in [4.78, 5) is 22.2. The molecule has 0 saturated heterocycles. The highest BCUT2D eigenvalue weighted by molar-refractivity contribution is 7.99. The number of aromatic nitrogens is 2. The van der Waals surface area contributed by atoms with Crippen LogP contribution in [0.3, 0.4) is 0 Å². The minimum Gasteiger partial charge on any atom is -0.370 e. The average Bonchev–Trinajstić information content (AvgIpc) is 2.95. The van der Waals surface area contributed by atoms with Crippen LogP contribution in [-0.4, -0.2) is 21.6 Å². The number of nitrogens with two attached hydrogens (primary N) is 1. The Labute approximate surface area is 149 Å². The first-order valence-corrected chi connectivity index (χ1v) is 9.65. The van der Waals surface area contributed by atoms with Gasteiger partial charge >= 0.3 is 0 Å². The number of benzene rings is 1. The first kappa shape index (κ1) is 16.9. The van der Waals surface area contributed by atoms with E-state index in [1.807, 2.05) is 0 Å². The molecule has 4 nitrogen and oxygen atoms in total. The number of nitrogens with zero attached hydrogens (tertiary/aromatic N) is 2. The topological polar surface area (TPSA) is 68.9 Å². The zero-order chi connectivity index (χ0) is 17.1. The van der Waals surface area contributed by atoms with Gasteiger partial charge in [0.1, 0.15) is 16.2 Å². The fourth-order valence-corrected chi connectivity index (χ4v) is 4.71. The van der Waals surface area contributed by atoms with Crippen LogP contribution < -0.4 is 5.73 Å². The number of thioether (sulfide) groups is 1. The van der Waals surface area contributed by atoms with Gasteiger partial charge in [0.2, 0.25) is 5.91 Å². The Morgan fingerprint density at radius 2 is 2.00 bits per heavy atom. The minimum absolute atomic E-state index is 0.286. The molecule has 0 atom stereocenters. The van der Waals surface area contributed by atoms with Crippen LogP contribution in [0, 0.1) is 6.92 Å². The second kappa shape index (κ2) is 7.32. The van der Waals surface area contributed by atoms with E-state index in [1.54, 1.807) is 29.4 Å². The maximum atomic E-state index is 11.0. The summed E-state index contributed by atoms with van der Waals surface area (Å²) in [5, 5.41) is 2.02. The molecule has 124 valence electrons. The quantitative estimate of drug-likeness (QED) is 0.530. The third kappa shape index (κ3) is 3.44. The van der Waals surface area contributed by atoms with Crippen molar-refractivity contribution in [2.24, 2.45) is 5.73 Å². The summed E-state index contributed by atoms with van der Waals surface area (Å²) < 4.78 is 0. The summed E-state index contributed by atoms with van der Waals surface area (Å²) in [6.45, 7) is 4.25. The second-order valence-electron chi connectivity index (χ2n) is 5.54. The van der Waals surface area contributed by atoms with Crippen molar-refractivity contribution in [2.75, 3.05) is 5.75 Å². The van der Waals surface area contributed by atoms with Crippen LogP contribution in [0.15, 0.2) is 35.6 Å². The molecule has 1 amide bonds. The number of rotatable bonds is 6. The van der Waals surface area contributed by atoms with E-state index in [2.05, 4.69) is 48.1 Å². The highest BCUT2D eigenvalue weighted by Crippen LogP contribution is 2.42. The van der Waals surface area contributed by atoms with Gasteiger partial charge in [-0.1, -0.05) is 36.8 Å². The summed E-state index contributed by atoms with van der Waals surface area (Å²) >= 11 is 3.29. The zero-order valence-corrected chi connectivity index (χ0v) is 15.3. The van der Waals surface area contributed by atoms with Crippen molar-refractivity contribution >= 4 is 39.2 Å². The Kier molecular flexibility index (Phi) is 5.16. The number of hydrogen-bond acceptors (Lipinski definition) is 5. The third-order valence-corrected chi connectivity index (χ3v) is 6.01. The molecular formula is C18H19N3OS2. The molecule has 0 aliphatic rings. The van der Waals surface area contributed by atoms with Gasteiger partial charge in [-0.2, -0.15) is 0 Å². The zero-order valence-electron chi connectivity index (χ0n) is 13.7. The lowest BCUT2D eigenvalue weighted by atomic mass is 10.0. The Bertz CT molecular complexity index is 872. The fourth-order valence-electron chi connectivity index (χ4n) is 2.58. The number of primary amides is 1. The van der Waals surface area contributed by atoms with Gasteiger partial charge in [0.05, 0.1) is 5.39 Å². The first-order chi connectivity index (χ1) is 11.6. The summed E-state index contributed by atoms with van der Waals surface area (Å²) in [6.07, 6.45) is 2.90. The Hall–Kier alpha value is -1.92. The molecule has 3 aromatic rings. The van der Waals surface area contributed by atoms with Crippen LogP contribution in [0.1, 0.15) is 23.8 Å². The van der Waals surface area contributed by atoms with Crippen LogP contribution >= 0.6 is 23.1 Å². The molecule has 0 bridgehead atoms. The summed E-state index contributed by atoms with van der Waals surface area (Å²) in [6, 6.07) is 8.56. The smallest absolute Gasteiger partial charge is 0.218 e. The monoisotopic (exact) mass is 357 g/mol. The summed E-state index contributed by atoms with van der Waals surface area (Å²) in [5.74, 6) is 0.345. The molecule has 0 aliphatic carbocycles. The molecular weight excluding hydrogens is 338 g/mol. The fraction of sp³-hybridized carbons (Fsp3) is 0.278. The van der Waals surface area contributed by atoms with Gasteiger partial charge in [-0.3, -0.25) is 4.79 Å². The molecule has 1 aromatic carbocycles. The maximum absolute atomic E-state index is 11.0. The van der Waals surface area contributed by atoms with Crippen molar-refractivity contribution in [1.82, 2.24) is 9.97 Å². The normalized spacial score (nSPS) is 11.1. The van der Waals surface area contributed by atoms with E-state index in [1.165, 1.54) is 21.6 Å². The van der Waals surface area contributed by atoms with Crippen molar-refractivity contribution in [3.05, 3.63) is 41.0 Å². The van der Waals surface area contributed by atoms with Gasteiger partial charge < -0.3 is 5.73 Å². The lowest BCUT2D eigenvalue weighted by Gasteiger charge is -2.07. The van der Waals surface area contributed by atoms with Crippen molar-refractivity contribution in [1.29, 1.82) is 0 Å². The van der Waals surface area contributed by atoms with Crippen molar-refractivity contribution in [2.45, 2.75) is 31.7 Å². The molecule has 0 fully saturated rings. The van der Waals surface area contributed by atoms with E-state index in [4.69, 9.17) is 5.73 Å². The average molecular weight is 358 g/mol. The van der Waals surface area contributed by atoms with Crippen LogP contribution in [0.5, 0.6) is 0 Å². The van der Waals surface area contributed by atoms with Crippen LogP contribution in [0.25, 0.3) is 21.3 Å². The van der Waals surface area contributed by atoms with E-state index < -0.39 is 0 Å². The second-order valence-corrected chi connectivity index (χ2v) is 7.71. The predicted octanol–water partition coefficient (Wildman–Crippen LogP) is 4.20. The third-order valence-electron chi connectivity index (χ3n) is 3.78. The lowest BCUT2D eigenvalue weighted by molar-refractivity contribution is -0.117. The van der Waals surface area contributed by atoms with Gasteiger partial charge in [0, 0.05) is 22.6 Å². The summed E-state index contributed by atoms with van der Waals surface area (Å²) in [5.41, 5.74) is 8.90. The molecule has 0 saturated carbocycles. The Balaban J connectivity index is 2.11. The molecule has 0 radical (unpaired) electrons. The minimum atomic E-state index is -0.286. The van der Waals surface area contributed by atoms with Crippen LogP contribution in [0.2, 0.25) is 0 Å². The number of fused-ring (bicyclic) bond motifs is 1. The highest BCUT2D eigenvalue weighted by Gasteiger charge is 2.18. The SMILES string of the molecule is CCc1sc2ncnc(SCCC(N)=O)c2c1-c1ccc(C)cc1. The van der Waals surface area contributed by atoms with Crippen molar-refractivity contribution < 1.29 is 4.79 Å². The van der Waals surface area contributed by atoms with Gasteiger partial charge in [-0.15, -0.1) is 23.1 Å². The van der Waals surface area contributed by atoms with Crippen LogP contribution in [-0.2, 0) is 11.2 Å². The Morgan fingerprint density at radius 3 is 2.67 bits per heavy atom. The lowest BCUT2D eigenvalue weighted by Crippen LogP contribution is -2.10. The van der Waals surface area contributed by atoms with E-state index in [9.17, 15) is 4.79 Å². The van der Waals surface area contributed by atoms with Crippen LogP contribution in [0.4, 0.5) is 0 Å². The number of amides is 1. The molecule has 0 unspecified atom stereocenters. The predicted molar refractivity (Wildman–Crippen MR) is 102 cm³/mol. The molecule has 2 heterocycles. The molecule has 24 heavy (non-hydrogen) atoms. The molecule has 2 N–H and O–H groups in total. The number of carbonyl (C=O) groups is 1. The number of aryl methyl sites for hydroxylation is 2. The van der Waals surface area contributed by atoms with E-state index in [-0.39, 0.29) is 5.91 Å². The number of thiophene rings is 1. The largest absolute Gasteiger partial charge is 0.370 e. The first-order valence-electron chi connectivity index (χ1n) is 7.84. The summed E-state index contributed by atoms with van der Waals surface area (Å²) in [7, 11) is 0. The maximum Gasteiger partial charge on any atom is 0.218 e. The number of hydrogen-bond donors (Lipinski definition) is 1. The van der Waals surface area contributed by atoms with E-state index in [0.717, 1.165) is 21.7 Å². The molecule has 3 rings (SSSR count). The standard InChI is InChI=1S/C18H19N3OS2/c1-3-13-15(12-6-4-11(2)5-7-12)16-17(23-9-8-14(19)22)20-10-21-18(16)24-13/h4-7,10H,3,8-9H2,1-2H3,(H2,19,22). The van der Waals surface area contributed by atoms with Crippen molar-refractivity contribution in [3.8, 4) is 11.1 Å². The Morgan fingerprint density at radius 1 is 1.25 bits per heavy atom. The molecule has 0 aliphatic heterocycles. The molecule has 0 spiro atoms. The van der Waals surface area contributed by atoms with Gasteiger partial charge in [-0.05, 0) is 18.9 Å². The van der Waals surface area contributed by atoms with Gasteiger partial charge in [0.15, 0.2) is 0 Å². The molecule has 6 heteroatoms. The van der Waals surface area contributed by atoms with E-state index >= 15 is 0 Å². The number of carbonyl (C=O) groups excluding carboxylic acids is 1. The van der Waals surface area contributed by atoms with Gasteiger partial charge in [-0.25, -0.2) is 9.97 Å². The molecule has 2 aromatic heterocycles. The van der Waals surface area contributed by atoms with Gasteiger partial charge in [0.25, 0.3) is 0 Å². The van der Waals surface area contributed by atoms with Crippen molar-refractivity contribution in [3.63, 3.8) is 0 Å². The van der Waals surface area contributed by atoms with E-state index in [0.29, 0.717) is 12.2 Å². The highest BCUT2D eigenvalue weighted by atomic mass is 32.2.